The second-order valence-electron chi connectivity index (χ2n) is 6.70. The van der Waals surface area contributed by atoms with Gasteiger partial charge in [0.1, 0.15) is 11.3 Å². The van der Waals surface area contributed by atoms with E-state index >= 15 is 0 Å². The summed E-state index contributed by atoms with van der Waals surface area (Å²) in [5.41, 5.74) is 2.64. The van der Waals surface area contributed by atoms with Gasteiger partial charge in [0.2, 0.25) is 5.76 Å². The first-order valence-corrected chi connectivity index (χ1v) is 9.27. The van der Waals surface area contributed by atoms with E-state index in [-0.39, 0.29) is 18.3 Å². The van der Waals surface area contributed by atoms with Gasteiger partial charge >= 0.3 is 5.97 Å². The highest BCUT2D eigenvalue weighted by Gasteiger charge is 2.20. The Morgan fingerprint density at radius 1 is 1.26 bits per heavy atom. The van der Waals surface area contributed by atoms with Crippen LogP contribution in [0.3, 0.4) is 0 Å². The van der Waals surface area contributed by atoms with E-state index in [2.05, 4.69) is 11.4 Å². The van der Waals surface area contributed by atoms with Crippen LogP contribution in [0, 0.1) is 6.92 Å². The predicted molar refractivity (Wildman–Crippen MR) is 102 cm³/mol. The molecule has 2 aromatic rings. The largest absolute Gasteiger partial charge is 0.497 e. The van der Waals surface area contributed by atoms with Crippen molar-refractivity contribution in [1.82, 2.24) is 5.32 Å². The molecule has 0 atom stereocenters. The van der Waals surface area contributed by atoms with Crippen LogP contribution < -0.4 is 10.1 Å². The van der Waals surface area contributed by atoms with Crippen LogP contribution in [-0.4, -0.2) is 32.1 Å². The van der Waals surface area contributed by atoms with Gasteiger partial charge < -0.3 is 19.2 Å². The molecule has 1 aromatic carbocycles. The number of amides is 1. The Balaban J connectivity index is 1.51. The fourth-order valence-electron chi connectivity index (χ4n) is 3.26. The summed E-state index contributed by atoms with van der Waals surface area (Å²) in [7, 11) is 1.58. The molecule has 1 N–H and O–H groups in total. The zero-order chi connectivity index (χ0) is 19.2. The molecule has 0 radical (unpaired) electrons. The number of methoxy groups -OCH3 is 1. The molecule has 0 spiro atoms. The molecule has 144 valence electrons. The number of ether oxygens (including phenoxy) is 2. The third-order valence-corrected chi connectivity index (χ3v) is 4.82. The number of hydrogen-bond donors (Lipinski definition) is 1. The molecule has 1 heterocycles. The van der Waals surface area contributed by atoms with Crippen molar-refractivity contribution in [3.05, 3.63) is 41.2 Å². The number of furan rings is 1. The molecule has 0 saturated heterocycles. The van der Waals surface area contributed by atoms with Gasteiger partial charge in [-0.05, 0) is 57.2 Å². The van der Waals surface area contributed by atoms with Crippen molar-refractivity contribution in [2.75, 3.05) is 20.3 Å². The van der Waals surface area contributed by atoms with Crippen LogP contribution >= 0.6 is 0 Å². The molecular formula is C21H25NO5. The van der Waals surface area contributed by atoms with Gasteiger partial charge in [0.25, 0.3) is 5.91 Å². The summed E-state index contributed by atoms with van der Waals surface area (Å²) in [6.45, 7) is 2.02. The van der Waals surface area contributed by atoms with Gasteiger partial charge in [0.15, 0.2) is 6.61 Å². The molecule has 1 aliphatic rings. The fraction of sp³-hybridized carbons (Fsp3) is 0.429. The highest BCUT2D eigenvalue weighted by atomic mass is 16.5. The molecule has 27 heavy (non-hydrogen) atoms. The molecule has 0 bridgehead atoms. The van der Waals surface area contributed by atoms with Crippen molar-refractivity contribution < 1.29 is 23.5 Å². The van der Waals surface area contributed by atoms with Crippen molar-refractivity contribution in [2.45, 2.75) is 39.0 Å². The van der Waals surface area contributed by atoms with E-state index in [1.54, 1.807) is 32.2 Å². The second kappa shape index (κ2) is 8.75. The van der Waals surface area contributed by atoms with Gasteiger partial charge in [-0.15, -0.1) is 0 Å². The van der Waals surface area contributed by atoms with Gasteiger partial charge in [-0.3, -0.25) is 4.79 Å². The maximum Gasteiger partial charge on any atom is 0.375 e. The van der Waals surface area contributed by atoms with Gasteiger partial charge in [0, 0.05) is 17.5 Å². The minimum Gasteiger partial charge on any atom is -0.497 e. The average molecular weight is 371 g/mol. The monoisotopic (exact) mass is 371 g/mol. The number of esters is 1. The lowest BCUT2D eigenvalue weighted by molar-refractivity contribution is -0.124. The summed E-state index contributed by atoms with van der Waals surface area (Å²) >= 11 is 0. The number of benzene rings is 1. The molecule has 6 nitrogen and oxygen atoms in total. The van der Waals surface area contributed by atoms with Crippen LogP contribution in [0.5, 0.6) is 5.75 Å². The Morgan fingerprint density at radius 3 is 2.85 bits per heavy atom. The lowest BCUT2D eigenvalue weighted by atomic mass is 9.97. The first-order valence-electron chi connectivity index (χ1n) is 9.27. The SMILES string of the molecule is COc1ccc2oc(C(=O)OCC(=O)NCCC3=CCCCC3)c(C)c2c1. The molecule has 0 aliphatic heterocycles. The third kappa shape index (κ3) is 4.70. The van der Waals surface area contributed by atoms with Gasteiger partial charge in [-0.25, -0.2) is 4.79 Å². The predicted octanol–water partition coefficient (Wildman–Crippen LogP) is 3.91. The van der Waals surface area contributed by atoms with E-state index in [4.69, 9.17) is 13.9 Å². The van der Waals surface area contributed by atoms with Gasteiger partial charge in [-0.2, -0.15) is 0 Å². The Morgan fingerprint density at radius 2 is 2.11 bits per heavy atom. The summed E-state index contributed by atoms with van der Waals surface area (Å²) < 4.78 is 15.9. The van der Waals surface area contributed by atoms with Crippen molar-refractivity contribution in [2.24, 2.45) is 0 Å². The second-order valence-corrected chi connectivity index (χ2v) is 6.70. The summed E-state index contributed by atoms with van der Waals surface area (Å²) in [5.74, 6) is -0.166. The van der Waals surface area contributed by atoms with Gasteiger partial charge in [0.05, 0.1) is 7.11 Å². The fourth-order valence-corrected chi connectivity index (χ4v) is 3.26. The Bertz CT molecular complexity index is 865. The number of aryl methyl sites for hydroxylation is 1. The van der Waals surface area contributed by atoms with E-state index < -0.39 is 5.97 Å². The number of carbonyl (C=O) groups excluding carboxylic acids is 2. The zero-order valence-corrected chi connectivity index (χ0v) is 15.8. The van der Waals surface area contributed by atoms with E-state index in [9.17, 15) is 9.59 Å². The van der Waals surface area contributed by atoms with Crippen LogP contribution in [0.25, 0.3) is 11.0 Å². The molecule has 3 rings (SSSR count). The summed E-state index contributed by atoms with van der Waals surface area (Å²) in [6, 6.07) is 5.30. The molecule has 0 fully saturated rings. The molecule has 6 heteroatoms. The maximum atomic E-state index is 12.3. The summed E-state index contributed by atoms with van der Waals surface area (Å²) in [4.78, 5) is 24.2. The minimum absolute atomic E-state index is 0.110. The highest BCUT2D eigenvalue weighted by molar-refractivity contribution is 5.97. The van der Waals surface area contributed by atoms with Crippen molar-refractivity contribution in [3.63, 3.8) is 0 Å². The molecular weight excluding hydrogens is 346 g/mol. The third-order valence-electron chi connectivity index (χ3n) is 4.82. The van der Waals surface area contributed by atoms with Crippen LogP contribution in [0.1, 0.15) is 48.2 Å². The molecule has 0 saturated carbocycles. The van der Waals surface area contributed by atoms with Crippen LogP contribution in [0.4, 0.5) is 0 Å². The number of allylic oxidation sites excluding steroid dienone is 1. The number of hydrogen-bond acceptors (Lipinski definition) is 5. The van der Waals surface area contributed by atoms with Crippen LogP contribution in [-0.2, 0) is 9.53 Å². The molecule has 0 unspecified atom stereocenters. The maximum absolute atomic E-state index is 12.3. The van der Waals surface area contributed by atoms with Gasteiger partial charge in [-0.1, -0.05) is 11.6 Å². The van der Waals surface area contributed by atoms with E-state index in [0.29, 0.717) is 23.4 Å². The van der Waals surface area contributed by atoms with Crippen LogP contribution in [0.2, 0.25) is 0 Å². The van der Waals surface area contributed by atoms with Crippen molar-refractivity contribution in [3.8, 4) is 5.75 Å². The first kappa shape index (κ1) is 19.0. The van der Waals surface area contributed by atoms with Crippen molar-refractivity contribution >= 4 is 22.8 Å². The Hall–Kier alpha value is -2.76. The van der Waals surface area contributed by atoms with E-state index in [1.165, 1.54) is 18.4 Å². The minimum atomic E-state index is -0.646. The number of nitrogens with one attached hydrogen (secondary N) is 1. The summed E-state index contributed by atoms with van der Waals surface area (Å²) in [6.07, 6.45) is 7.82. The zero-order valence-electron chi connectivity index (χ0n) is 15.8. The Kier molecular flexibility index (Phi) is 6.16. The standard InChI is InChI=1S/C21H25NO5/c1-14-17-12-16(25-2)8-9-18(17)27-20(14)21(24)26-13-19(23)22-11-10-15-6-4-3-5-7-15/h6,8-9,12H,3-5,7,10-11,13H2,1-2H3,(H,22,23). The van der Waals surface area contributed by atoms with E-state index in [0.717, 1.165) is 24.6 Å². The molecule has 1 aromatic heterocycles. The van der Waals surface area contributed by atoms with Crippen LogP contribution in [0.15, 0.2) is 34.3 Å². The average Bonchev–Trinajstić information content (AvgIpc) is 3.03. The highest BCUT2D eigenvalue weighted by Crippen LogP contribution is 2.29. The summed E-state index contributed by atoms with van der Waals surface area (Å²) in [5, 5.41) is 3.57. The first-order chi connectivity index (χ1) is 13.1. The lowest BCUT2D eigenvalue weighted by Gasteiger charge is -2.12. The lowest BCUT2D eigenvalue weighted by Crippen LogP contribution is -2.29. The quantitative estimate of drug-likeness (QED) is 0.590. The molecule has 1 amide bonds. The Labute approximate surface area is 158 Å². The number of carbonyl (C=O) groups is 2. The smallest absolute Gasteiger partial charge is 0.375 e. The number of rotatable bonds is 7. The van der Waals surface area contributed by atoms with E-state index in [1.807, 2.05) is 0 Å². The van der Waals surface area contributed by atoms with Crippen molar-refractivity contribution in [1.29, 1.82) is 0 Å². The molecule has 1 aliphatic carbocycles. The topological polar surface area (TPSA) is 77.8 Å². The number of fused-ring (bicyclic) bond motifs is 1. The normalized spacial score (nSPS) is 13.9.